The van der Waals surface area contributed by atoms with Gasteiger partial charge in [0.15, 0.2) is 5.65 Å². The van der Waals surface area contributed by atoms with Crippen LogP contribution in [-0.2, 0) is 4.74 Å². The normalized spacial score (nSPS) is 10.8. The molecule has 2 aromatic heterocycles. The highest BCUT2D eigenvalue weighted by Gasteiger charge is 2.26. The zero-order valence-electron chi connectivity index (χ0n) is 19.9. The zero-order chi connectivity index (χ0) is 25.1. The molecule has 178 valence electrons. The minimum absolute atomic E-state index is 0.224. The maximum absolute atomic E-state index is 13.4. The van der Waals surface area contributed by atoms with E-state index >= 15 is 0 Å². The fourth-order valence-electron chi connectivity index (χ4n) is 4.27. The first-order valence-electron chi connectivity index (χ1n) is 11.7. The van der Waals surface area contributed by atoms with Crippen LogP contribution in [0, 0.1) is 6.92 Å². The number of carbonyl (C=O) groups excluding carboxylic acids is 1. The Labute approximate surface area is 208 Å². The Hall–Kier alpha value is -4.78. The highest BCUT2D eigenvalue weighted by molar-refractivity contribution is 6.11. The third-order valence-corrected chi connectivity index (χ3v) is 5.80. The number of esters is 1. The van der Waals surface area contributed by atoms with Crippen molar-refractivity contribution in [3.63, 3.8) is 0 Å². The number of fused-ring (bicyclic) bond motifs is 1. The zero-order valence-corrected chi connectivity index (χ0v) is 19.9. The lowest BCUT2D eigenvalue weighted by molar-refractivity contribution is 0.0526. The summed E-state index contributed by atoms with van der Waals surface area (Å²) in [4.78, 5) is 35.9. The maximum atomic E-state index is 13.4. The average Bonchev–Trinajstić information content (AvgIpc) is 2.89. The van der Waals surface area contributed by atoms with E-state index in [1.807, 2.05) is 91.0 Å². The van der Waals surface area contributed by atoms with Crippen molar-refractivity contribution in [1.82, 2.24) is 14.5 Å². The molecule has 7 nitrogen and oxygen atoms in total. The van der Waals surface area contributed by atoms with Gasteiger partial charge in [0, 0.05) is 11.3 Å². The van der Waals surface area contributed by atoms with Crippen molar-refractivity contribution in [2.24, 2.45) is 0 Å². The van der Waals surface area contributed by atoms with Gasteiger partial charge in [-0.3, -0.25) is 0 Å². The van der Waals surface area contributed by atoms with E-state index in [4.69, 9.17) is 9.72 Å². The number of anilines is 2. The van der Waals surface area contributed by atoms with Crippen LogP contribution >= 0.6 is 0 Å². The second kappa shape index (κ2) is 9.84. The van der Waals surface area contributed by atoms with Crippen LogP contribution in [0.4, 0.5) is 11.5 Å². The molecule has 36 heavy (non-hydrogen) atoms. The van der Waals surface area contributed by atoms with Crippen molar-refractivity contribution < 1.29 is 9.53 Å². The summed E-state index contributed by atoms with van der Waals surface area (Å²) in [6.45, 7) is 3.74. The number of benzene rings is 3. The van der Waals surface area contributed by atoms with Crippen molar-refractivity contribution in [2.45, 2.75) is 13.8 Å². The molecule has 0 amide bonds. The summed E-state index contributed by atoms with van der Waals surface area (Å²) in [5, 5.41) is 3.82. The number of pyridine rings is 1. The number of aryl methyl sites for hydroxylation is 1. The SMILES string of the molecule is CCOC(=O)c1c(C)nc2c(c(Nc3ccccc3)nc(=O)n2-c2ccccc2)c1-c1ccccc1. The van der Waals surface area contributed by atoms with Crippen molar-refractivity contribution in [3.8, 4) is 16.8 Å². The minimum Gasteiger partial charge on any atom is -0.462 e. The summed E-state index contributed by atoms with van der Waals surface area (Å²) in [5.74, 6) is -0.170. The van der Waals surface area contributed by atoms with Gasteiger partial charge in [0.05, 0.1) is 28.9 Å². The molecule has 2 heterocycles. The number of rotatable bonds is 6. The van der Waals surface area contributed by atoms with Gasteiger partial charge in [-0.25, -0.2) is 19.1 Å². The molecule has 3 aromatic carbocycles. The van der Waals surface area contributed by atoms with Gasteiger partial charge in [0.25, 0.3) is 0 Å². The number of para-hydroxylation sites is 2. The number of hydrogen-bond donors (Lipinski definition) is 1. The van der Waals surface area contributed by atoms with Gasteiger partial charge >= 0.3 is 11.7 Å². The molecule has 0 spiro atoms. The standard InChI is InChI=1S/C29H24N4O3/c1-3-36-28(34)23-19(2)30-27-25(24(23)20-13-7-4-8-14-20)26(31-21-15-9-5-10-16-21)32-29(35)33(27)22-17-11-6-12-18-22/h4-18H,3H2,1-2H3,(H,31,32,35). The summed E-state index contributed by atoms with van der Waals surface area (Å²) < 4.78 is 6.90. The predicted octanol–water partition coefficient (Wildman–Crippen LogP) is 5.68. The van der Waals surface area contributed by atoms with Crippen molar-refractivity contribution in [2.75, 3.05) is 11.9 Å². The fourth-order valence-corrected chi connectivity index (χ4v) is 4.27. The molecule has 0 atom stereocenters. The van der Waals surface area contributed by atoms with E-state index in [-0.39, 0.29) is 6.61 Å². The lowest BCUT2D eigenvalue weighted by Gasteiger charge is -2.20. The Morgan fingerprint density at radius 2 is 1.50 bits per heavy atom. The highest BCUT2D eigenvalue weighted by Crippen LogP contribution is 2.37. The first-order valence-corrected chi connectivity index (χ1v) is 11.7. The van der Waals surface area contributed by atoms with Gasteiger partial charge in [0.1, 0.15) is 5.82 Å². The van der Waals surface area contributed by atoms with Gasteiger partial charge < -0.3 is 10.1 Å². The molecule has 0 aliphatic heterocycles. The van der Waals surface area contributed by atoms with Gasteiger partial charge in [-0.15, -0.1) is 0 Å². The van der Waals surface area contributed by atoms with E-state index in [9.17, 15) is 9.59 Å². The number of carbonyl (C=O) groups is 1. The third-order valence-electron chi connectivity index (χ3n) is 5.80. The first kappa shape index (κ1) is 23.0. The quantitative estimate of drug-likeness (QED) is 0.318. The largest absolute Gasteiger partial charge is 0.462 e. The van der Waals surface area contributed by atoms with Crippen LogP contribution in [0.1, 0.15) is 23.0 Å². The first-order chi connectivity index (χ1) is 17.6. The van der Waals surface area contributed by atoms with Crippen molar-refractivity contribution in [3.05, 3.63) is 113 Å². The average molecular weight is 477 g/mol. The Kier molecular flexibility index (Phi) is 6.28. The lowest BCUT2D eigenvalue weighted by Crippen LogP contribution is -2.25. The molecule has 0 fully saturated rings. The summed E-state index contributed by atoms with van der Waals surface area (Å²) in [7, 11) is 0. The van der Waals surface area contributed by atoms with Crippen LogP contribution in [0.15, 0.2) is 95.8 Å². The van der Waals surface area contributed by atoms with E-state index in [0.29, 0.717) is 39.4 Å². The van der Waals surface area contributed by atoms with Crippen LogP contribution in [0.25, 0.3) is 27.8 Å². The van der Waals surface area contributed by atoms with Gasteiger partial charge in [-0.2, -0.15) is 4.98 Å². The van der Waals surface area contributed by atoms with Crippen LogP contribution < -0.4 is 11.0 Å². The summed E-state index contributed by atoms with van der Waals surface area (Å²) >= 11 is 0. The molecule has 0 saturated heterocycles. The number of hydrogen-bond acceptors (Lipinski definition) is 6. The monoisotopic (exact) mass is 476 g/mol. The van der Waals surface area contributed by atoms with E-state index < -0.39 is 11.7 Å². The van der Waals surface area contributed by atoms with Gasteiger partial charge in [-0.1, -0.05) is 66.7 Å². The van der Waals surface area contributed by atoms with Crippen LogP contribution in [0.3, 0.4) is 0 Å². The Morgan fingerprint density at radius 1 is 0.889 bits per heavy atom. The summed E-state index contributed by atoms with van der Waals surface area (Å²) in [6, 6.07) is 28.2. The number of nitrogens with one attached hydrogen (secondary N) is 1. The molecule has 0 bridgehead atoms. The molecular formula is C29H24N4O3. The fraction of sp³-hybridized carbons (Fsp3) is 0.103. The van der Waals surface area contributed by atoms with Crippen LogP contribution in [0.2, 0.25) is 0 Å². The number of aromatic nitrogens is 3. The molecule has 5 aromatic rings. The molecule has 0 aliphatic carbocycles. The van der Waals surface area contributed by atoms with Crippen LogP contribution in [0.5, 0.6) is 0 Å². The highest BCUT2D eigenvalue weighted by atomic mass is 16.5. The molecule has 0 unspecified atom stereocenters. The summed E-state index contributed by atoms with van der Waals surface area (Å²) in [5.41, 5.74) is 3.47. The van der Waals surface area contributed by atoms with Gasteiger partial charge in [0.2, 0.25) is 0 Å². The molecular weight excluding hydrogens is 452 g/mol. The van der Waals surface area contributed by atoms with E-state index in [1.54, 1.807) is 13.8 Å². The number of nitrogens with zero attached hydrogens (tertiary/aromatic N) is 3. The minimum atomic E-state index is -0.484. The second-order valence-corrected chi connectivity index (χ2v) is 8.14. The summed E-state index contributed by atoms with van der Waals surface area (Å²) in [6.07, 6.45) is 0. The van der Waals surface area contributed by atoms with E-state index in [1.165, 1.54) is 4.57 Å². The van der Waals surface area contributed by atoms with E-state index in [2.05, 4.69) is 10.3 Å². The Balaban J connectivity index is 1.95. The second-order valence-electron chi connectivity index (χ2n) is 8.14. The smallest absolute Gasteiger partial charge is 0.355 e. The molecule has 7 heteroatoms. The predicted molar refractivity (Wildman–Crippen MR) is 141 cm³/mol. The molecule has 0 radical (unpaired) electrons. The maximum Gasteiger partial charge on any atom is 0.355 e. The molecule has 0 aliphatic rings. The topological polar surface area (TPSA) is 86.1 Å². The lowest BCUT2D eigenvalue weighted by atomic mass is 9.95. The van der Waals surface area contributed by atoms with Crippen molar-refractivity contribution >= 4 is 28.5 Å². The molecule has 1 N–H and O–H groups in total. The van der Waals surface area contributed by atoms with Crippen LogP contribution in [-0.4, -0.2) is 27.1 Å². The van der Waals surface area contributed by atoms with E-state index in [0.717, 1.165) is 11.3 Å². The molecule has 5 rings (SSSR count). The third kappa shape index (κ3) is 4.22. The number of ether oxygens (including phenoxy) is 1. The van der Waals surface area contributed by atoms with Gasteiger partial charge in [-0.05, 0) is 43.7 Å². The molecule has 0 saturated carbocycles. The Bertz CT molecular complexity index is 1600. The van der Waals surface area contributed by atoms with Crippen molar-refractivity contribution in [1.29, 1.82) is 0 Å². The Morgan fingerprint density at radius 3 is 2.14 bits per heavy atom.